The van der Waals surface area contributed by atoms with Crippen LogP contribution in [0.25, 0.3) is 0 Å². The summed E-state index contributed by atoms with van der Waals surface area (Å²) >= 11 is 0. The fourth-order valence-corrected chi connectivity index (χ4v) is 2.69. The van der Waals surface area contributed by atoms with Crippen LogP contribution in [0.15, 0.2) is 18.2 Å². The fraction of sp³-hybridized carbons (Fsp3) is 0.467. The van der Waals surface area contributed by atoms with E-state index < -0.39 is 34.2 Å². The van der Waals surface area contributed by atoms with Gasteiger partial charge in [0.1, 0.15) is 11.8 Å². The van der Waals surface area contributed by atoms with Crippen LogP contribution in [0.4, 0.5) is 24.5 Å². The molecule has 7 nitrogen and oxygen atoms in total. The summed E-state index contributed by atoms with van der Waals surface area (Å²) in [5.41, 5.74) is -1.62. The Labute approximate surface area is 140 Å². The van der Waals surface area contributed by atoms with Crippen molar-refractivity contribution in [2.45, 2.75) is 19.0 Å². The molecule has 0 amide bonds. The van der Waals surface area contributed by atoms with Crippen LogP contribution in [-0.2, 0) is 15.7 Å². The predicted molar refractivity (Wildman–Crippen MR) is 79.6 cm³/mol. The van der Waals surface area contributed by atoms with Crippen molar-refractivity contribution < 1.29 is 27.6 Å². The molecule has 0 aromatic heterocycles. The van der Waals surface area contributed by atoms with E-state index >= 15 is 0 Å². The van der Waals surface area contributed by atoms with Crippen molar-refractivity contribution in [2.75, 3.05) is 24.6 Å². The second-order valence-corrected chi connectivity index (χ2v) is 5.49. The number of nitro groups is 1. The summed E-state index contributed by atoms with van der Waals surface area (Å²) in [6.45, 7) is 0.181. The number of nitro benzene ring substituents is 1. The third kappa shape index (κ3) is 4.37. The summed E-state index contributed by atoms with van der Waals surface area (Å²) in [7, 11) is 0. The van der Waals surface area contributed by atoms with Crippen LogP contribution >= 0.6 is 0 Å². The molecule has 1 aromatic rings. The molecule has 1 saturated heterocycles. The molecule has 25 heavy (non-hydrogen) atoms. The topological polar surface area (TPSA) is 96.5 Å². The lowest BCUT2D eigenvalue weighted by Crippen LogP contribution is -2.37. The molecule has 1 aliphatic heterocycles. The summed E-state index contributed by atoms with van der Waals surface area (Å²) < 4.78 is 42.9. The molecule has 0 atom stereocenters. The average Bonchev–Trinajstić information content (AvgIpc) is 2.58. The zero-order valence-corrected chi connectivity index (χ0v) is 13.0. The Morgan fingerprint density at radius 1 is 1.40 bits per heavy atom. The summed E-state index contributed by atoms with van der Waals surface area (Å²) in [5, 5.41) is 19.5. The van der Waals surface area contributed by atoms with E-state index in [1.165, 1.54) is 0 Å². The third-order valence-electron chi connectivity index (χ3n) is 3.95. The van der Waals surface area contributed by atoms with Crippen molar-refractivity contribution in [3.05, 3.63) is 33.9 Å². The minimum absolute atomic E-state index is 0.0850. The normalized spacial score (nSPS) is 15.5. The molecular formula is C15H14F3N3O4. The van der Waals surface area contributed by atoms with Gasteiger partial charge in [-0.25, -0.2) is 0 Å². The highest BCUT2D eigenvalue weighted by atomic mass is 19.4. The van der Waals surface area contributed by atoms with E-state index in [-0.39, 0.29) is 25.4 Å². The molecule has 1 aliphatic rings. The second-order valence-electron chi connectivity index (χ2n) is 5.49. The van der Waals surface area contributed by atoms with Gasteiger partial charge >= 0.3 is 12.1 Å². The molecule has 0 radical (unpaired) electrons. The van der Waals surface area contributed by atoms with Crippen molar-refractivity contribution in [3.63, 3.8) is 0 Å². The number of carbonyl (C=O) groups excluding carboxylic acids is 1. The molecule has 0 unspecified atom stereocenters. The van der Waals surface area contributed by atoms with Gasteiger partial charge in [-0.15, -0.1) is 0 Å². The van der Waals surface area contributed by atoms with E-state index in [2.05, 4.69) is 0 Å². The van der Waals surface area contributed by atoms with E-state index in [9.17, 15) is 28.1 Å². The number of halogens is 3. The molecule has 0 saturated carbocycles. The Kier molecular flexibility index (Phi) is 5.46. The Bertz CT molecular complexity index is 707. The molecule has 134 valence electrons. The number of nitrogens with zero attached hydrogens (tertiary/aromatic N) is 3. The highest BCUT2D eigenvalue weighted by molar-refractivity contribution is 5.73. The van der Waals surface area contributed by atoms with E-state index in [1.54, 1.807) is 11.0 Å². The van der Waals surface area contributed by atoms with Gasteiger partial charge in [-0.2, -0.15) is 18.4 Å². The molecule has 0 N–H and O–H groups in total. The summed E-state index contributed by atoms with van der Waals surface area (Å²) in [5.74, 6) is -0.943. The van der Waals surface area contributed by atoms with Gasteiger partial charge in [0, 0.05) is 19.2 Å². The Balaban J connectivity index is 2.14. The number of hydrogen-bond acceptors (Lipinski definition) is 6. The highest BCUT2D eigenvalue weighted by Gasteiger charge is 2.35. The minimum Gasteiger partial charge on any atom is -0.450 e. The summed E-state index contributed by atoms with van der Waals surface area (Å²) in [4.78, 5) is 23.6. The van der Waals surface area contributed by atoms with Crippen LogP contribution in [0.3, 0.4) is 0 Å². The molecule has 1 heterocycles. The maximum Gasteiger partial charge on any atom is 0.416 e. The van der Waals surface area contributed by atoms with Crippen molar-refractivity contribution in [1.82, 2.24) is 0 Å². The Morgan fingerprint density at radius 3 is 2.56 bits per heavy atom. The van der Waals surface area contributed by atoms with Crippen LogP contribution in [0.5, 0.6) is 0 Å². The standard InChI is InChI=1S/C15H14F3N3O4/c16-15(17,18)11-1-2-12(13(9-11)21(23)24)20-6-3-10(4-7-20)14(22)25-8-5-19/h1-2,9-10H,3-4,6-8H2. The first kappa shape index (κ1) is 18.5. The van der Waals surface area contributed by atoms with Crippen LogP contribution in [0.1, 0.15) is 18.4 Å². The van der Waals surface area contributed by atoms with E-state index in [1.807, 2.05) is 0 Å². The molecule has 1 fully saturated rings. The van der Waals surface area contributed by atoms with Crippen LogP contribution in [0.2, 0.25) is 0 Å². The number of hydrogen-bond donors (Lipinski definition) is 0. The van der Waals surface area contributed by atoms with Crippen molar-refractivity contribution in [2.24, 2.45) is 5.92 Å². The van der Waals surface area contributed by atoms with Gasteiger partial charge in [-0.3, -0.25) is 14.9 Å². The number of piperidine rings is 1. The number of esters is 1. The quantitative estimate of drug-likeness (QED) is 0.467. The lowest BCUT2D eigenvalue weighted by atomic mass is 9.96. The summed E-state index contributed by atoms with van der Waals surface area (Å²) in [6.07, 6.45) is -3.99. The lowest BCUT2D eigenvalue weighted by molar-refractivity contribution is -0.384. The van der Waals surface area contributed by atoms with E-state index in [0.717, 1.165) is 12.1 Å². The molecular weight excluding hydrogens is 343 g/mol. The van der Waals surface area contributed by atoms with Crippen molar-refractivity contribution in [1.29, 1.82) is 5.26 Å². The minimum atomic E-state index is -4.67. The maximum absolute atomic E-state index is 12.7. The van der Waals surface area contributed by atoms with Gasteiger partial charge in [-0.1, -0.05) is 0 Å². The number of benzene rings is 1. The molecule has 2 rings (SSSR count). The van der Waals surface area contributed by atoms with Gasteiger partial charge in [-0.05, 0) is 25.0 Å². The molecule has 1 aromatic carbocycles. The van der Waals surface area contributed by atoms with Gasteiger partial charge in [0.15, 0.2) is 6.61 Å². The average molecular weight is 357 g/mol. The zero-order chi connectivity index (χ0) is 18.6. The van der Waals surface area contributed by atoms with Crippen molar-refractivity contribution >= 4 is 17.3 Å². The van der Waals surface area contributed by atoms with Gasteiger partial charge in [0.2, 0.25) is 0 Å². The Morgan fingerprint density at radius 2 is 2.04 bits per heavy atom. The zero-order valence-electron chi connectivity index (χ0n) is 13.0. The number of carbonyl (C=O) groups is 1. The monoisotopic (exact) mass is 357 g/mol. The second kappa shape index (κ2) is 7.38. The number of nitriles is 1. The smallest absolute Gasteiger partial charge is 0.416 e. The number of ether oxygens (including phenoxy) is 1. The number of alkyl halides is 3. The van der Waals surface area contributed by atoms with Crippen LogP contribution < -0.4 is 4.90 Å². The van der Waals surface area contributed by atoms with Crippen LogP contribution in [0, 0.1) is 27.4 Å². The third-order valence-corrected chi connectivity index (χ3v) is 3.95. The van der Waals surface area contributed by atoms with Gasteiger partial charge in [0.25, 0.3) is 5.69 Å². The van der Waals surface area contributed by atoms with Crippen LogP contribution in [-0.4, -0.2) is 30.6 Å². The molecule has 0 aliphatic carbocycles. The number of anilines is 1. The highest BCUT2D eigenvalue weighted by Crippen LogP contribution is 2.37. The molecule has 0 spiro atoms. The predicted octanol–water partition coefficient (Wildman–Crippen LogP) is 2.90. The fourth-order valence-electron chi connectivity index (χ4n) is 2.69. The first-order chi connectivity index (χ1) is 11.7. The lowest BCUT2D eigenvalue weighted by Gasteiger charge is -2.32. The van der Waals surface area contributed by atoms with Gasteiger partial charge in [0.05, 0.1) is 16.4 Å². The molecule has 10 heteroatoms. The maximum atomic E-state index is 12.7. The van der Waals surface area contributed by atoms with E-state index in [0.29, 0.717) is 18.9 Å². The first-order valence-corrected chi connectivity index (χ1v) is 7.38. The SMILES string of the molecule is N#CCOC(=O)C1CCN(c2ccc(C(F)(F)F)cc2[N+](=O)[O-])CC1. The number of rotatable bonds is 4. The largest absolute Gasteiger partial charge is 0.450 e. The van der Waals surface area contributed by atoms with Gasteiger partial charge < -0.3 is 9.64 Å². The summed E-state index contributed by atoms with van der Waals surface area (Å²) in [6, 6.07) is 4.09. The first-order valence-electron chi connectivity index (χ1n) is 7.38. The Hall–Kier alpha value is -2.83. The molecule has 0 bridgehead atoms. The van der Waals surface area contributed by atoms with Crippen molar-refractivity contribution in [3.8, 4) is 6.07 Å². The van der Waals surface area contributed by atoms with E-state index in [4.69, 9.17) is 10.00 Å².